The van der Waals surface area contributed by atoms with Crippen LogP contribution >= 0.6 is 23.2 Å². The quantitative estimate of drug-likeness (QED) is 0.233. The number of nitrogens with one attached hydrogen (secondary N) is 1. The fourth-order valence-electron chi connectivity index (χ4n) is 4.98. The van der Waals surface area contributed by atoms with Gasteiger partial charge in [0.05, 0.1) is 12.7 Å². The van der Waals surface area contributed by atoms with Crippen LogP contribution in [0.5, 0.6) is 17.2 Å². The molecule has 1 saturated carbocycles. The minimum atomic E-state index is -3.05. The number of carbonyl (C=O) groups is 1. The number of rotatable bonds is 12. The van der Waals surface area contributed by atoms with Crippen LogP contribution in [0.15, 0.2) is 48.8 Å². The van der Waals surface area contributed by atoms with Gasteiger partial charge in [0.15, 0.2) is 23.9 Å². The largest absolute Gasteiger partial charge is 0.870 e. The topological polar surface area (TPSA) is 133 Å². The standard InChI is InChI=1S/C31H32Cl2F2N2O6.H2O/c32-24-14-36-15-25(33)22(24)13-28(20-4-6-27(43-31(34)35)29(12-20)41-17-18-1-2-18)42-30(40)23-11-19(3-5-26(23)39)16-37-9-7-21(38)8-10-37;/h3-6,11-12,14-15,18,21,28,31,38-39H,1-2,7-10,13,16-17H2;1H2/t28-;/m0./s1. The number of hydrogen-bond acceptors (Lipinski definition) is 8. The second kappa shape index (κ2) is 15.2. The van der Waals surface area contributed by atoms with Crippen molar-refractivity contribution in [1.82, 2.24) is 4.90 Å². The van der Waals surface area contributed by atoms with Crippen molar-refractivity contribution in [2.24, 2.45) is 5.92 Å². The Bertz CT molecular complexity index is 1420. The van der Waals surface area contributed by atoms with Crippen LogP contribution in [0.3, 0.4) is 0 Å². The summed E-state index contributed by atoms with van der Waals surface area (Å²) >= 11 is 12.8. The van der Waals surface area contributed by atoms with E-state index in [4.69, 9.17) is 32.7 Å². The molecule has 0 radical (unpaired) electrons. The summed E-state index contributed by atoms with van der Waals surface area (Å²) in [6.45, 7) is -0.732. The molecule has 0 amide bonds. The number of nitrogens with zero attached hydrogens (tertiary/aromatic N) is 1. The molecule has 1 aliphatic carbocycles. The first kappa shape index (κ1) is 33.7. The number of esters is 1. The van der Waals surface area contributed by atoms with E-state index in [1.54, 1.807) is 24.5 Å². The Morgan fingerprint density at radius 1 is 1.02 bits per heavy atom. The molecule has 9 nitrogen and oxygen atoms in total. The number of hydrogen-bond donors (Lipinski definition) is 2. The van der Waals surface area contributed by atoms with Crippen LogP contribution < -0.4 is 14.5 Å². The number of aliphatic hydroxyl groups excluding tert-OH is 1. The maximum atomic E-state index is 13.6. The van der Waals surface area contributed by atoms with Crippen LogP contribution in [-0.2, 0) is 17.7 Å². The summed E-state index contributed by atoms with van der Waals surface area (Å²) in [6.07, 6.45) is 5.17. The monoisotopic (exact) mass is 654 g/mol. The number of phenols is 1. The summed E-state index contributed by atoms with van der Waals surface area (Å²) in [5, 5.41) is 21.0. The Balaban J connectivity index is 0.00000442. The number of ether oxygens (including phenoxy) is 3. The van der Waals surface area contributed by atoms with Crippen LogP contribution in [0, 0.1) is 5.92 Å². The Morgan fingerprint density at radius 3 is 2.39 bits per heavy atom. The number of aromatic amines is 1. The van der Waals surface area contributed by atoms with Crippen molar-refractivity contribution >= 4 is 29.2 Å². The summed E-state index contributed by atoms with van der Waals surface area (Å²) in [6, 6.07) is 9.13. The molecule has 13 heteroatoms. The van der Waals surface area contributed by atoms with Gasteiger partial charge in [-0.15, -0.1) is 0 Å². The summed E-state index contributed by atoms with van der Waals surface area (Å²) in [5.74, 6) is -0.728. The lowest BCUT2D eigenvalue weighted by Crippen LogP contribution is -2.35. The maximum absolute atomic E-state index is 13.6. The molecule has 2 heterocycles. The van der Waals surface area contributed by atoms with Crippen molar-refractivity contribution in [1.29, 1.82) is 0 Å². The number of piperidine rings is 1. The molecule has 1 aromatic heterocycles. The van der Waals surface area contributed by atoms with E-state index < -0.39 is 18.7 Å². The van der Waals surface area contributed by atoms with Crippen molar-refractivity contribution in [2.75, 3.05) is 19.7 Å². The van der Waals surface area contributed by atoms with Crippen LogP contribution in [0.25, 0.3) is 0 Å². The molecule has 0 unspecified atom stereocenters. The second-order valence-corrected chi connectivity index (χ2v) is 11.7. The fourth-order valence-corrected chi connectivity index (χ4v) is 5.51. The molecule has 0 spiro atoms. The van der Waals surface area contributed by atoms with Gasteiger partial charge in [-0.1, -0.05) is 35.3 Å². The zero-order chi connectivity index (χ0) is 30.5. The van der Waals surface area contributed by atoms with Gasteiger partial charge in [0.1, 0.15) is 27.5 Å². The fraction of sp³-hybridized carbons (Fsp3) is 0.419. The van der Waals surface area contributed by atoms with E-state index in [0.29, 0.717) is 53.1 Å². The highest BCUT2D eigenvalue weighted by Gasteiger charge is 2.27. The van der Waals surface area contributed by atoms with Crippen LogP contribution in [0.1, 0.15) is 58.8 Å². The molecule has 3 aromatic rings. The van der Waals surface area contributed by atoms with Crippen molar-refractivity contribution in [3.63, 3.8) is 0 Å². The summed E-state index contributed by atoms with van der Waals surface area (Å²) in [4.78, 5) is 18.6. The number of aromatic hydroxyl groups is 1. The number of carbonyl (C=O) groups excluding carboxylic acids is 1. The molecular weight excluding hydrogens is 621 g/mol. The molecule has 1 aliphatic heterocycles. The summed E-state index contributed by atoms with van der Waals surface area (Å²) in [7, 11) is 0. The third-order valence-corrected chi connectivity index (χ3v) is 8.28. The van der Waals surface area contributed by atoms with E-state index in [0.717, 1.165) is 31.5 Å². The lowest BCUT2D eigenvalue weighted by atomic mass is 10.0. The van der Waals surface area contributed by atoms with Gasteiger partial charge in [0.2, 0.25) is 0 Å². The van der Waals surface area contributed by atoms with Crippen molar-refractivity contribution < 1.29 is 48.5 Å². The maximum Gasteiger partial charge on any atom is 0.387 e. The van der Waals surface area contributed by atoms with Gasteiger partial charge in [-0.3, -0.25) is 4.90 Å². The van der Waals surface area contributed by atoms with Crippen molar-refractivity contribution in [3.05, 3.63) is 81.1 Å². The molecule has 4 N–H and O–H groups in total. The summed E-state index contributed by atoms with van der Waals surface area (Å²) in [5.41, 5.74) is 1.70. The number of alkyl halides is 2. The van der Waals surface area contributed by atoms with E-state index in [-0.39, 0.29) is 40.8 Å². The molecule has 238 valence electrons. The van der Waals surface area contributed by atoms with Gasteiger partial charge in [-0.05, 0) is 67.0 Å². The molecule has 1 saturated heterocycles. The lowest BCUT2D eigenvalue weighted by molar-refractivity contribution is -0.377. The predicted molar refractivity (Wildman–Crippen MR) is 157 cm³/mol. The Kier molecular flexibility index (Phi) is 11.6. The molecule has 2 fully saturated rings. The zero-order valence-corrected chi connectivity index (χ0v) is 25.2. The predicted octanol–water partition coefficient (Wildman–Crippen LogP) is 5.82. The third-order valence-electron chi connectivity index (χ3n) is 7.61. The number of aliphatic hydroxyl groups is 1. The third kappa shape index (κ3) is 8.92. The summed E-state index contributed by atoms with van der Waals surface area (Å²) < 4.78 is 42.7. The van der Waals surface area contributed by atoms with Gasteiger partial charge in [-0.2, -0.15) is 8.78 Å². The molecule has 2 aromatic carbocycles. The SMILES string of the molecule is O=C(O[C@@H](Cc1c(Cl)c[nH+]cc1Cl)c1ccc(OC(F)F)c(OCC2CC2)c1)c1cc(CN2CCC(O)CC2)ccc1O.[OH-]. The first-order valence-electron chi connectivity index (χ1n) is 14.1. The average Bonchev–Trinajstić information content (AvgIpc) is 3.80. The van der Waals surface area contributed by atoms with Gasteiger partial charge in [0, 0.05) is 31.6 Å². The van der Waals surface area contributed by atoms with E-state index in [1.165, 1.54) is 24.3 Å². The smallest absolute Gasteiger partial charge is 0.387 e. The highest BCUT2D eigenvalue weighted by molar-refractivity contribution is 6.35. The number of phenolic OH excluding ortho intramolecular Hbond substituents is 1. The number of halogens is 4. The highest BCUT2D eigenvalue weighted by atomic mass is 35.5. The van der Waals surface area contributed by atoms with Gasteiger partial charge < -0.3 is 29.9 Å². The molecule has 2 aliphatic rings. The molecule has 5 rings (SSSR count). The highest BCUT2D eigenvalue weighted by Crippen LogP contribution is 2.38. The zero-order valence-electron chi connectivity index (χ0n) is 23.7. The van der Waals surface area contributed by atoms with E-state index in [2.05, 4.69) is 14.6 Å². The molecule has 44 heavy (non-hydrogen) atoms. The van der Waals surface area contributed by atoms with Crippen LogP contribution in [0.2, 0.25) is 10.0 Å². The van der Waals surface area contributed by atoms with E-state index in [1.807, 2.05) is 0 Å². The lowest BCUT2D eigenvalue weighted by Gasteiger charge is -2.29. The number of aromatic nitrogens is 1. The van der Waals surface area contributed by atoms with Crippen molar-refractivity contribution in [3.8, 4) is 17.2 Å². The van der Waals surface area contributed by atoms with Gasteiger partial charge in [-0.25, -0.2) is 9.78 Å². The minimum absolute atomic E-state index is 0. The van der Waals surface area contributed by atoms with E-state index >= 15 is 0 Å². The molecular formula is C31H34Cl2F2N2O7. The first-order valence-corrected chi connectivity index (χ1v) is 14.9. The van der Waals surface area contributed by atoms with Crippen LogP contribution in [0.4, 0.5) is 8.78 Å². The average molecular weight is 656 g/mol. The number of benzene rings is 2. The minimum Gasteiger partial charge on any atom is -0.870 e. The van der Waals surface area contributed by atoms with Crippen molar-refractivity contribution in [2.45, 2.75) is 57.5 Å². The number of H-pyrrole nitrogens is 1. The molecule has 1 atom stereocenters. The van der Waals surface area contributed by atoms with Gasteiger partial charge in [0.25, 0.3) is 0 Å². The normalized spacial score (nSPS) is 16.3. The number of pyridine rings is 1. The van der Waals surface area contributed by atoms with Gasteiger partial charge >= 0.3 is 12.6 Å². The van der Waals surface area contributed by atoms with E-state index in [9.17, 15) is 23.8 Å². The first-order chi connectivity index (χ1) is 20.7. The van der Waals surface area contributed by atoms with Crippen LogP contribution in [-0.4, -0.2) is 59.0 Å². The Morgan fingerprint density at radius 2 is 1.73 bits per heavy atom. The number of likely N-dealkylation sites (tertiary alicyclic amines) is 1. The Labute approximate surface area is 263 Å². The Hall–Kier alpha value is -3.22. The molecule has 0 bridgehead atoms. The second-order valence-electron chi connectivity index (χ2n) is 10.9.